The minimum absolute atomic E-state index is 0. The second-order valence-corrected chi connectivity index (χ2v) is 6.99. The Kier molecular flexibility index (Phi) is 9.85. The minimum atomic E-state index is -0.00564. The number of hydrogen-bond donors (Lipinski definition) is 2. The van der Waals surface area contributed by atoms with Crippen LogP contribution in [-0.4, -0.2) is 46.3 Å². The molecule has 3 rings (SSSR count). The number of halogens is 1. The van der Waals surface area contributed by atoms with E-state index in [9.17, 15) is 0 Å². The van der Waals surface area contributed by atoms with Crippen molar-refractivity contribution in [2.45, 2.75) is 39.7 Å². The van der Waals surface area contributed by atoms with Gasteiger partial charge >= 0.3 is 0 Å². The number of aliphatic imine (C=N–C) groups is 1. The van der Waals surface area contributed by atoms with Gasteiger partial charge in [-0.15, -0.1) is 34.2 Å². The Morgan fingerprint density at radius 1 is 1.13 bits per heavy atom. The second kappa shape index (κ2) is 12.4. The zero-order valence-electron chi connectivity index (χ0n) is 17.8. The molecule has 162 valence electrons. The highest BCUT2D eigenvalue weighted by Gasteiger charge is 2.07. The molecule has 2 heterocycles. The second-order valence-electron chi connectivity index (χ2n) is 6.99. The summed E-state index contributed by atoms with van der Waals surface area (Å²) in [5.74, 6) is 2.69. The highest BCUT2D eigenvalue weighted by Crippen LogP contribution is 2.17. The van der Waals surface area contributed by atoms with Crippen molar-refractivity contribution in [2.75, 3.05) is 19.6 Å². The third-order valence-corrected chi connectivity index (χ3v) is 4.53. The molecule has 3 aromatic rings. The average molecular weight is 522 g/mol. The zero-order chi connectivity index (χ0) is 20.5. The molecule has 30 heavy (non-hydrogen) atoms. The van der Waals surface area contributed by atoms with E-state index in [0.717, 1.165) is 54.7 Å². The van der Waals surface area contributed by atoms with Crippen LogP contribution in [0.4, 0.5) is 0 Å². The molecule has 0 radical (unpaired) electrons. The molecular weight excluding hydrogens is 491 g/mol. The van der Waals surface area contributed by atoms with E-state index < -0.39 is 0 Å². The summed E-state index contributed by atoms with van der Waals surface area (Å²) < 4.78 is 8.04. The topological polar surface area (TPSA) is 75.8 Å². The molecule has 0 saturated carbocycles. The summed E-state index contributed by atoms with van der Waals surface area (Å²) in [5.41, 5.74) is 2.02. The zero-order valence-corrected chi connectivity index (χ0v) is 20.2. The van der Waals surface area contributed by atoms with Crippen LogP contribution in [0.1, 0.15) is 31.7 Å². The maximum Gasteiger partial charge on any atom is 0.191 e. The maximum absolute atomic E-state index is 6.01. The van der Waals surface area contributed by atoms with Gasteiger partial charge in [0, 0.05) is 25.7 Å². The van der Waals surface area contributed by atoms with Gasteiger partial charge in [0.1, 0.15) is 17.7 Å². The van der Waals surface area contributed by atoms with Crippen molar-refractivity contribution in [3.8, 4) is 5.75 Å². The van der Waals surface area contributed by atoms with E-state index >= 15 is 0 Å². The normalized spacial score (nSPS) is 12.3. The predicted octanol–water partition coefficient (Wildman–Crippen LogP) is 3.61. The Hall–Kier alpha value is -2.36. The monoisotopic (exact) mass is 522 g/mol. The van der Waals surface area contributed by atoms with Gasteiger partial charge in [0.05, 0.1) is 6.54 Å². The molecular formula is C22H31IN6O. The molecule has 0 aliphatic carbocycles. The maximum atomic E-state index is 6.01. The van der Waals surface area contributed by atoms with E-state index in [2.05, 4.69) is 45.7 Å². The van der Waals surface area contributed by atoms with Gasteiger partial charge in [-0.25, -0.2) is 4.99 Å². The van der Waals surface area contributed by atoms with E-state index in [1.807, 2.05) is 53.9 Å². The molecule has 2 N–H and O–H groups in total. The van der Waals surface area contributed by atoms with Crippen LogP contribution in [0.3, 0.4) is 0 Å². The molecule has 0 bridgehead atoms. The molecule has 7 nitrogen and oxygen atoms in total. The van der Waals surface area contributed by atoms with Crippen molar-refractivity contribution in [1.29, 1.82) is 0 Å². The van der Waals surface area contributed by atoms with E-state index in [1.165, 1.54) is 0 Å². The molecule has 2 aromatic heterocycles. The quantitative estimate of drug-likeness (QED) is 0.195. The number of nitrogens with one attached hydrogen (secondary N) is 2. The number of rotatable bonds is 9. The first-order valence-corrected chi connectivity index (χ1v) is 10.2. The van der Waals surface area contributed by atoms with Crippen molar-refractivity contribution >= 4 is 35.6 Å². The highest BCUT2D eigenvalue weighted by atomic mass is 127. The van der Waals surface area contributed by atoms with Gasteiger partial charge in [0.15, 0.2) is 11.6 Å². The van der Waals surface area contributed by atoms with Crippen molar-refractivity contribution in [3.63, 3.8) is 0 Å². The van der Waals surface area contributed by atoms with Crippen LogP contribution in [0.2, 0.25) is 0 Å². The lowest BCUT2D eigenvalue weighted by atomic mass is 10.2. The fraction of sp³-hybridized carbons (Fsp3) is 0.409. The van der Waals surface area contributed by atoms with Crippen LogP contribution in [0.25, 0.3) is 5.65 Å². The summed E-state index contributed by atoms with van der Waals surface area (Å²) in [4.78, 5) is 4.66. The van der Waals surface area contributed by atoms with Gasteiger partial charge in [0.25, 0.3) is 0 Å². The number of guanidine groups is 1. The van der Waals surface area contributed by atoms with Crippen molar-refractivity contribution in [2.24, 2.45) is 4.99 Å². The van der Waals surface area contributed by atoms with Gasteiger partial charge in [0.2, 0.25) is 0 Å². The average Bonchev–Trinajstić information content (AvgIpc) is 3.14. The number of aryl methyl sites for hydroxylation is 2. The lowest BCUT2D eigenvalue weighted by Crippen LogP contribution is -2.38. The first-order valence-electron chi connectivity index (χ1n) is 10.2. The fourth-order valence-corrected chi connectivity index (χ4v) is 3.02. The number of aromatic nitrogens is 3. The number of ether oxygens (including phenoxy) is 1. The molecule has 0 amide bonds. The van der Waals surface area contributed by atoms with Crippen molar-refractivity contribution in [1.82, 2.24) is 25.2 Å². The Labute approximate surface area is 195 Å². The van der Waals surface area contributed by atoms with E-state index in [4.69, 9.17) is 4.74 Å². The molecule has 1 atom stereocenters. The number of pyridine rings is 1. The number of benzene rings is 1. The third kappa shape index (κ3) is 6.86. The van der Waals surface area contributed by atoms with E-state index in [-0.39, 0.29) is 30.1 Å². The highest BCUT2D eigenvalue weighted by molar-refractivity contribution is 14.0. The standard InChI is InChI=1S/C22H30N6O.HI/c1-4-23-22(25-16-18(3)29-19-11-6-5-10-17(19)2)24-14-9-13-21-27-26-20-12-7-8-15-28(20)21;/h5-8,10-12,15,18H,4,9,13-14,16H2,1-3H3,(H2,23,24,25);1H. The molecule has 0 fully saturated rings. The molecule has 0 spiro atoms. The van der Waals surface area contributed by atoms with Gasteiger partial charge in [-0.2, -0.15) is 0 Å². The molecule has 0 saturated heterocycles. The first-order chi connectivity index (χ1) is 14.2. The summed E-state index contributed by atoms with van der Waals surface area (Å²) in [6.45, 7) is 8.35. The Bertz CT molecular complexity index is 942. The number of fused-ring (bicyclic) bond motifs is 1. The van der Waals surface area contributed by atoms with Gasteiger partial charge < -0.3 is 15.4 Å². The molecule has 0 aliphatic rings. The van der Waals surface area contributed by atoms with Crippen LogP contribution in [0.15, 0.2) is 53.7 Å². The minimum Gasteiger partial charge on any atom is -0.489 e. The summed E-state index contributed by atoms with van der Waals surface area (Å²) in [6, 6.07) is 14.0. The van der Waals surface area contributed by atoms with Crippen LogP contribution in [0, 0.1) is 6.92 Å². The molecule has 8 heteroatoms. The number of hydrogen-bond acceptors (Lipinski definition) is 4. The fourth-order valence-electron chi connectivity index (χ4n) is 3.02. The SMILES string of the molecule is CCNC(=NCC(C)Oc1ccccc1C)NCCCc1nnc2ccccn12.I. The van der Waals surface area contributed by atoms with E-state index in [0.29, 0.717) is 6.54 Å². The van der Waals surface area contributed by atoms with Crippen LogP contribution >= 0.6 is 24.0 Å². The largest absolute Gasteiger partial charge is 0.489 e. The van der Waals surface area contributed by atoms with Crippen LogP contribution < -0.4 is 15.4 Å². The Balaban J connectivity index is 0.00000320. The molecule has 0 aliphatic heterocycles. The lowest BCUT2D eigenvalue weighted by molar-refractivity contribution is 0.228. The van der Waals surface area contributed by atoms with Crippen LogP contribution in [-0.2, 0) is 6.42 Å². The Morgan fingerprint density at radius 2 is 1.93 bits per heavy atom. The lowest BCUT2D eigenvalue weighted by Gasteiger charge is -2.16. The summed E-state index contributed by atoms with van der Waals surface area (Å²) in [5, 5.41) is 15.1. The van der Waals surface area contributed by atoms with Gasteiger partial charge in [-0.1, -0.05) is 24.3 Å². The summed E-state index contributed by atoms with van der Waals surface area (Å²) in [6.07, 6.45) is 3.79. The van der Waals surface area contributed by atoms with Crippen molar-refractivity contribution < 1.29 is 4.74 Å². The predicted molar refractivity (Wildman–Crippen MR) is 132 cm³/mol. The number of nitrogens with zero attached hydrogens (tertiary/aromatic N) is 4. The smallest absolute Gasteiger partial charge is 0.191 e. The van der Waals surface area contributed by atoms with Crippen LogP contribution in [0.5, 0.6) is 5.75 Å². The van der Waals surface area contributed by atoms with Gasteiger partial charge in [-0.05, 0) is 51.0 Å². The first kappa shape index (κ1) is 23.9. The van der Waals surface area contributed by atoms with Gasteiger partial charge in [-0.3, -0.25) is 4.40 Å². The van der Waals surface area contributed by atoms with E-state index in [1.54, 1.807) is 0 Å². The molecule has 1 unspecified atom stereocenters. The van der Waals surface area contributed by atoms with Crippen molar-refractivity contribution in [3.05, 3.63) is 60.0 Å². The Morgan fingerprint density at radius 3 is 2.73 bits per heavy atom. The third-order valence-electron chi connectivity index (χ3n) is 4.53. The molecule has 1 aromatic carbocycles. The number of para-hydroxylation sites is 1. The summed E-state index contributed by atoms with van der Waals surface area (Å²) >= 11 is 0. The summed E-state index contributed by atoms with van der Waals surface area (Å²) in [7, 11) is 0.